The third kappa shape index (κ3) is 3.02. The van der Waals surface area contributed by atoms with E-state index in [1.807, 2.05) is 30.3 Å². The summed E-state index contributed by atoms with van der Waals surface area (Å²) in [6.45, 7) is 0.720. The average Bonchev–Trinajstić information content (AvgIpc) is 3.42. The van der Waals surface area contributed by atoms with E-state index in [9.17, 15) is 14.4 Å². The number of benzene rings is 2. The van der Waals surface area contributed by atoms with Gasteiger partial charge in [0.05, 0.1) is 13.1 Å². The zero-order valence-corrected chi connectivity index (χ0v) is 16.8. The Morgan fingerprint density at radius 1 is 1.10 bits per heavy atom. The maximum absolute atomic E-state index is 13.1. The molecular weight excluding hydrogens is 404 g/mol. The van der Waals surface area contributed by atoms with Crippen molar-refractivity contribution in [2.75, 3.05) is 13.1 Å². The number of aromatic nitrogens is 1. The van der Waals surface area contributed by atoms with Crippen molar-refractivity contribution in [2.24, 2.45) is 0 Å². The summed E-state index contributed by atoms with van der Waals surface area (Å²) in [5.74, 6) is -0.476. The molecule has 1 spiro atoms. The van der Waals surface area contributed by atoms with Crippen molar-refractivity contribution in [1.29, 1.82) is 0 Å². The number of amides is 4. The predicted molar refractivity (Wildman–Crippen MR) is 112 cm³/mol. The number of nitrogens with one attached hydrogen (secondary N) is 2. The van der Waals surface area contributed by atoms with Crippen LogP contribution in [0.15, 0.2) is 54.6 Å². The number of hydrogen-bond donors (Lipinski definition) is 2. The van der Waals surface area contributed by atoms with Crippen LogP contribution in [0.3, 0.4) is 0 Å². The summed E-state index contributed by atoms with van der Waals surface area (Å²) in [4.78, 5) is 44.6. The molecule has 8 heteroatoms. The summed E-state index contributed by atoms with van der Waals surface area (Å²) in [6.07, 6.45) is 0.390. The zero-order valence-electron chi connectivity index (χ0n) is 16.0. The average molecular weight is 423 g/mol. The Morgan fingerprint density at radius 2 is 1.87 bits per heavy atom. The molecule has 2 N–H and O–H groups in total. The zero-order chi connectivity index (χ0) is 20.9. The Hall–Kier alpha value is -3.32. The van der Waals surface area contributed by atoms with E-state index in [0.717, 1.165) is 16.5 Å². The quantitative estimate of drug-likeness (QED) is 0.636. The van der Waals surface area contributed by atoms with E-state index >= 15 is 0 Å². The Labute approximate surface area is 177 Å². The lowest BCUT2D eigenvalue weighted by molar-refractivity contribution is -0.131. The molecule has 7 nitrogen and oxygen atoms in total. The molecule has 0 saturated carbocycles. The number of hydrogen-bond acceptors (Lipinski definition) is 3. The van der Waals surface area contributed by atoms with Crippen LogP contribution in [0.2, 0.25) is 5.02 Å². The van der Waals surface area contributed by atoms with E-state index in [-0.39, 0.29) is 24.9 Å². The van der Waals surface area contributed by atoms with Gasteiger partial charge in [-0.25, -0.2) is 4.79 Å². The van der Waals surface area contributed by atoms with E-state index in [1.54, 1.807) is 29.2 Å². The molecule has 4 amide bonds. The van der Waals surface area contributed by atoms with Gasteiger partial charge < -0.3 is 15.2 Å². The van der Waals surface area contributed by atoms with Crippen LogP contribution in [-0.4, -0.2) is 51.3 Å². The van der Waals surface area contributed by atoms with E-state index < -0.39 is 11.6 Å². The molecule has 0 aliphatic carbocycles. The highest BCUT2D eigenvalue weighted by Crippen LogP contribution is 2.31. The van der Waals surface area contributed by atoms with Gasteiger partial charge in [-0.1, -0.05) is 41.9 Å². The van der Waals surface area contributed by atoms with E-state index in [2.05, 4.69) is 10.3 Å². The standard InChI is InChI=1S/C22H19ClN4O3/c23-16-7-5-14(6-8-16)12-27-20(29)22(25-21(27)30)9-10-26(13-22)19(28)18-11-15-3-1-2-4-17(15)24-18/h1-8,11,24H,9-10,12-13H2,(H,25,30)/t22-/m0/s1. The van der Waals surface area contributed by atoms with Crippen LogP contribution >= 0.6 is 11.6 Å². The van der Waals surface area contributed by atoms with Gasteiger partial charge in [0, 0.05) is 22.5 Å². The number of aromatic amines is 1. The molecule has 2 aliphatic heterocycles. The SMILES string of the molecule is O=C(c1cc2ccccc2[nH]1)N1CC[C@@]2(C1)NC(=O)N(Cc1ccc(Cl)cc1)C2=O. The lowest BCUT2D eigenvalue weighted by atomic mass is 9.99. The fraction of sp³-hybridized carbons (Fsp3) is 0.227. The molecule has 5 rings (SSSR count). The smallest absolute Gasteiger partial charge is 0.325 e. The second-order valence-electron chi connectivity index (χ2n) is 7.78. The first-order valence-corrected chi connectivity index (χ1v) is 10.1. The van der Waals surface area contributed by atoms with Crippen molar-refractivity contribution in [3.05, 3.63) is 70.9 Å². The van der Waals surface area contributed by atoms with Crippen LogP contribution in [0.25, 0.3) is 10.9 Å². The molecule has 0 radical (unpaired) electrons. The van der Waals surface area contributed by atoms with Gasteiger partial charge in [0.1, 0.15) is 11.2 Å². The third-order valence-electron chi connectivity index (χ3n) is 5.82. The molecule has 152 valence electrons. The van der Waals surface area contributed by atoms with Crippen LogP contribution in [0.5, 0.6) is 0 Å². The van der Waals surface area contributed by atoms with Crippen molar-refractivity contribution < 1.29 is 14.4 Å². The molecule has 2 fully saturated rings. The molecule has 0 unspecified atom stereocenters. The monoisotopic (exact) mass is 422 g/mol. The largest absolute Gasteiger partial charge is 0.351 e. The second-order valence-corrected chi connectivity index (χ2v) is 8.21. The highest BCUT2D eigenvalue weighted by Gasteiger charge is 2.55. The second kappa shape index (κ2) is 6.88. The maximum Gasteiger partial charge on any atom is 0.325 e. The number of para-hydroxylation sites is 1. The molecular formula is C22H19ClN4O3. The summed E-state index contributed by atoms with van der Waals surface area (Å²) in [5.41, 5.74) is 1.10. The van der Waals surface area contributed by atoms with Crippen LogP contribution in [-0.2, 0) is 11.3 Å². The third-order valence-corrected chi connectivity index (χ3v) is 6.07. The van der Waals surface area contributed by atoms with Crippen LogP contribution < -0.4 is 5.32 Å². The number of likely N-dealkylation sites (tertiary alicyclic amines) is 1. The predicted octanol–water partition coefficient (Wildman–Crippen LogP) is 3.16. The molecule has 1 atom stereocenters. The number of halogens is 1. The van der Waals surface area contributed by atoms with Crippen LogP contribution in [0.4, 0.5) is 4.79 Å². The molecule has 2 saturated heterocycles. The highest BCUT2D eigenvalue weighted by molar-refractivity contribution is 6.30. The molecule has 1 aromatic heterocycles. The van der Waals surface area contributed by atoms with Crippen molar-refractivity contribution in [2.45, 2.75) is 18.5 Å². The first kappa shape index (κ1) is 18.7. The Morgan fingerprint density at radius 3 is 2.63 bits per heavy atom. The van der Waals surface area contributed by atoms with Crippen LogP contribution in [0.1, 0.15) is 22.5 Å². The number of H-pyrrole nitrogens is 1. The Kier molecular flexibility index (Phi) is 4.29. The summed E-state index contributed by atoms with van der Waals surface area (Å²) in [7, 11) is 0. The van der Waals surface area contributed by atoms with Gasteiger partial charge in [0.25, 0.3) is 11.8 Å². The van der Waals surface area contributed by atoms with E-state index in [0.29, 0.717) is 23.7 Å². The number of urea groups is 1. The van der Waals surface area contributed by atoms with Crippen LogP contribution in [0, 0.1) is 0 Å². The maximum atomic E-state index is 13.1. The first-order valence-electron chi connectivity index (χ1n) is 9.71. The van der Waals surface area contributed by atoms with Gasteiger partial charge in [-0.05, 0) is 36.2 Å². The lowest BCUT2D eigenvalue weighted by Crippen LogP contribution is -2.49. The summed E-state index contributed by atoms with van der Waals surface area (Å²) < 4.78 is 0. The minimum absolute atomic E-state index is 0.156. The van der Waals surface area contributed by atoms with Crippen molar-refractivity contribution in [1.82, 2.24) is 20.1 Å². The van der Waals surface area contributed by atoms with Gasteiger partial charge in [-0.15, -0.1) is 0 Å². The van der Waals surface area contributed by atoms with Gasteiger partial charge in [0.2, 0.25) is 0 Å². The molecule has 3 aromatic rings. The number of fused-ring (bicyclic) bond motifs is 1. The summed E-state index contributed by atoms with van der Waals surface area (Å²) in [6, 6.07) is 16.1. The Bertz CT molecular complexity index is 1140. The Balaban J connectivity index is 1.33. The molecule has 30 heavy (non-hydrogen) atoms. The number of carbonyl (C=O) groups is 3. The number of nitrogens with zero attached hydrogens (tertiary/aromatic N) is 2. The van der Waals surface area contributed by atoms with Crippen molar-refractivity contribution in [3.8, 4) is 0 Å². The molecule has 2 aliphatic rings. The minimum atomic E-state index is -1.06. The van der Waals surface area contributed by atoms with Gasteiger partial charge in [0.15, 0.2) is 0 Å². The number of carbonyl (C=O) groups excluding carboxylic acids is 3. The van der Waals surface area contributed by atoms with Crippen molar-refractivity contribution >= 4 is 40.3 Å². The number of imide groups is 1. The molecule has 0 bridgehead atoms. The van der Waals surface area contributed by atoms with E-state index in [4.69, 9.17) is 11.6 Å². The fourth-order valence-electron chi connectivity index (χ4n) is 4.21. The normalized spacial score (nSPS) is 21.1. The minimum Gasteiger partial charge on any atom is -0.351 e. The van der Waals surface area contributed by atoms with E-state index in [1.165, 1.54) is 4.90 Å². The highest BCUT2D eigenvalue weighted by atomic mass is 35.5. The fourth-order valence-corrected chi connectivity index (χ4v) is 4.34. The van der Waals surface area contributed by atoms with Gasteiger partial charge in [-0.3, -0.25) is 14.5 Å². The van der Waals surface area contributed by atoms with Gasteiger partial charge in [-0.2, -0.15) is 0 Å². The van der Waals surface area contributed by atoms with Crippen molar-refractivity contribution in [3.63, 3.8) is 0 Å². The lowest BCUT2D eigenvalue weighted by Gasteiger charge is -2.22. The first-order chi connectivity index (χ1) is 14.4. The molecule has 3 heterocycles. The summed E-state index contributed by atoms with van der Waals surface area (Å²) in [5, 5.41) is 4.38. The van der Waals surface area contributed by atoms with Gasteiger partial charge >= 0.3 is 6.03 Å². The summed E-state index contributed by atoms with van der Waals surface area (Å²) >= 11 is 5.91. The number of rotatable bonds is 3. The topological polar surface area (TPSA) is 85.5 Å². The molecule has 2 aromatic carbocycles.